The number of ether oxygens (including phenoxy) is 1. The Morgan fingerprint density at radius 1 is 1.12 bits per heavy atom. The molecule has 1 N–H and O–H groups in total. The quantitative estimate of drug-likeness (QED) is 0.652. The lowest BCUT2D eigenvalue weighted by molar-refractivity contribution is 0.0827. The van der Waals surface area contributed by atoms with Crippen molar-refractivity contribution in [2.24, 2.45) is 0 Å². The van der Waals surface area contributed by atoms with Gasteiger partial charge in [0, 0.05) is 44.9 Å². The standard InChI is InChI=1S/C23H25F2N5O2/c1-14(15-8-17(24)12-18(25)9-15)27-20-11-16(23(31)29(2)3)10-19-22(20)28-21(13-26-19)30-4-6-32-7-5-30/h8-14,27H,4-7H2,1-3H3/t14-/m0/s1. The molecular formula is C23H25F2N5O2. The van der Waals surface area contributed by atoms with Gasteiger partial charge in [0.2, 0.25) is 0 Å². The molecular weight excluding hydrogens is 416 g/mol. The first kappa shape index (κ1) is 21.9. The lowest BCUT2D eigenvalue weighted by Crippen LogP contribution is -2.36. The van der Waals surface area contributed by atoms with Crippen molar-refractivity contribution in [3.05, 3.63) is 59.3 Å². The van der Waals surface area contributed by atoms with E-state index >= 15 is 0 Å². The van der Waals surface area contributed by atoms with Gasteiger partial charge in [-0.1, -0.05) is 0 Å². The number of hydrogen-bond donors (Lipinski definition) is 1. The minimum Gasteiger partial charge on any atom is -0.378 e. The van der Waals surface area contributed by atoms with Gasteiger partial charge in [-0.25, -0.2) is 13.8 Å². The number of aromatic nitrogens is 2. The molecule has 1 fully saturated rings. The minimum atomic E-state index is -0.649. The molecule has 2 heterocycles. The van der Waals surface area contributed by atoms with Gasteiger partial charge in [-0.15, -0.1) is 0 Å². The van der Waals surface area contributed by atoms with E-state index in [1.807, 2.05) is 0 Å². The smallest absolute Gasteiger partial charge is 0.253 e. The fourth-order valence-corrected chi connectivity index (χ4v) is 3.68. The molecule has 1 amide bonds. The molecule has 1 saturated heterocycles. The first-order valence-electron chi connectivity index (χ1n) is 10.4. The van der Waals surface area contributed by atoms with Crippen LogP contribution >= 0.6 is 0 Å². The lowest BCUT2D eigenvalue weighted by Gasteiger charge is -2.28. The molecule has 0 unspecified atom stereocenters. The fraction of sp³-hybridized carbons (Fsp3) is 0.348. The molecule has 32 heavy (non-hydrogen) atoms. The van der Waals surface area contributed by atoms with E-state index in [0.29, 0.717) is 60.0 Å². The molecule has 3 aromatic rings. The van der Waals surface area contributed by atoms with Crippen molar-refractivity contribution in [2.75, 3.05) is 50.6 Å². The van der Waals surface area contributed by atoms with E-state index < -0.39 is 17.7 Å². The number of halogens is 2. The van der Waals surface area contributed by atoms with E-state index in [0.717, 1.165) is 6.07 Å². The summed E-state index contributed by atoms with van der Waals surface area (Å²) >= 11 is 0. The number of benzene rings is 2. The second-order valence-electron chi connectivity index (χ2n) is 7.99. The van der Waals surface area contributed by atoms with Crippen LogP contribution in [0.1, 0.15) is 28.9 Å². The summed E-state index contributed by atoms with van der Waals surface area (Å²) in [4.78, 5) is 25.5. The molecule has 2 aromatic carbocycles. The molecule has 168 valence electrons. The number of hydrogen-bond acceptors (Lipinski definition) is 6. The van der Waals surface area contributed by atoms with Gasteiger partial charge in [-0.3, -0.25) is 9.78 Å². The average molecular weight is 441 g/mol. The third-order valence-corrected chi connectivity index (χ3v) is 5.38. The van der Waals surface area contributed by atoms with Crippen molar-refractivity contribution < 1.29 is 18.3 Å². The monoisotopic (exact) mass is 441 g/mol. The predicted molar refractivity (Wildman–Crippen MR) is 119 cm³/mol. The molecule has 1 aliphatic rings. The first-order valence-corrected chi connectivity index (χ1v) is 10.4. The highest BCUT2D eigenvalue weighted by Crippen LogP contribution is 2.29. The van der Waals surface area contributed by atoms with Crippen LogP contribution in [-0.2, 0) is 4.74 Å². The van der Waals surface area contributed by atoms with Crippen LogP contribution in [0.3, 0.4) is 0 Å². The Hall–Kier alpha value is -3.33. The van der Waals surface area contributed by atoms with Crippen LogP contribution in [0.25, 0.3) is 11.0 Å². The van der Waals surface area contributed by atoms with Gasteiger partial charge in [-0.2, -0.15) is 0 Å². The molecule has 7 nitrogen and oxygen atoms in total. The number of nitrogens with one attached hydrogen (secondary N) is 1. The highest BCUT2D eigenvalue weighted by Gasteiger charge is 2.19. The van der Waals surface area contributed by atoms with Crippen LogP contribution in [0.15, 0.2) is 36.5 Å². The molecule has 0 aliphatic carbocycles. The largest absolute Gasteiger partial charge is 0.378 e. The van der Waals surface area contributed by atoms with Crippen LogP contribution in [0.5, 0.6) is 0 Å². The van der Waals surface area contributed by atoms with Crippen LogP contribution in [0, 0.1) is 11.6 Å². The Labute approximate surface area is 185 Å². The summed E-state index contributed by atoms with van der Waals surface area (Å²) in [6, 6.07) is 6.36. The molecule has 1 atom stereocenters. The normalized spacial score (nSPS) is 15.0. The summed E-state index contributed by atoms with van der Waals surface area (Å²) in [5.41, 5.74) is 2.57. The van der Waals surface area contributed by atoms with E-state index in [1.54, 1.807) is 39.3 Å². The number of rotatable bonds is 5. The number of carbonyl (C=O) groups excluding carboxylic acids is 1. The van der Waals surface area contributed by atoms with Gasteiger partial charge >= 0.3 is 0 Å². The summed E-state index contributed by atoms with van der Waals surface area (Å²) in [6.07, 6.45) is 1.69. The molecule has 0 saturated carbocycles. The SMILES string of the molecule is C[C@H](Nc1cc(C(=O)N(C)C)cc2ncc(N3CCOCC3)nc12)c1cc(F)cc(F)c1. The molecule has 1 aliphatic heterocycles. The number of nitrogens with zero attached hydrogens (tertiary/aromatic N) is 4. The van der Waals surface area contributed by atoms with Crippen LogP contribution < -0.4 is 10.2 Å². The number of amides is 1. The van der Waals surface area contributed by atoms with E-state index in [1.165, 1.54) is 17.0 Å². The summed E-state index contributed by atoms with van der Waals surface area (Å²) in [5.74, 6) is -0.771. The zero-order valence-electron chi connectivity index (χ0n) is 18.2. The maximum atomic E-state index is 13.7. The summed E-state index contributed by atoms with van der Waals surface area (Å²) in [5, 5.41) is 3.27. The Balaban J connectivity index is 1.77. The van der Waals surface area contributed by atoms with Crippen LogP contribution in [0.2, 0.25) is 0 Å². The van der Waals surface area contributed by atoms with Crippen molar-refractivity contribution in [3.8, 4) is 0 Å². The molecule has 0 radical (unpaired) electrons. The molecule has 0 spiro atoms. The Kier molecular flexibility index (Phi) is 6.18. The van der Waals surface area contributed by atoms with Crippen LogP contribution in [-0.4, -0.2) is 61.2 Å². The van der Waals surface area contributed by atoms with Crippen molar-refractivity contribution in [2.45, 2.75) is 13.0 Å². The van der Waals surface area contributed by atoms with Gasteiger partial charge in [0.25, 0.3) is 5.91 Å². The van der Waals surface area contributed by atoms with Gasteiger partial charge in [0.05, 0.1) is 30.6 Å². The van der Waals surface area contributed by atoms with Crippen molar-refractivity contribution in [1.29, 1.82) is 0 Å². The van der Waals surface area contributed by atoms with E-state index in [2.05, 4.69) is 15.2 Å². The molecule has 9 heteroatoms. The minimum absolute atomic E-state index is 0.182. The lowest BCUT2D eigenvalue weighted by atomic mass is 10.1. The summed E-state index contributed by atoms with van der Waals surface area (Å²) in [6.45, 7) is 4.44. The van der Waals surface area contributed by atoms with Crippen molar-refractivity contribution >= 4 is 28.4 Å². The molecule has 1 aromatic heterocycles. The third kappa shape index (κ3) is 4.62. The fourth-order valence-electron chi connectivity index (χ4n) is 3.68. The number of fused-ring (bicyclic) bond motifs is 1. The predicted octanol–water partition coefficient (Wildman–Crippen LogP) is 3.62. The van der Waals surface area contributed by atoms with E-state index in [-0.39, 0.29) is 5.91 Å². The maximum Gasteiger partial charge on any atom is 0.253 e. The Morgan fingerprint density at radius 3 is 2.47 bits per heavy atom. The van der Waals surface area contributed by atoms with Crippen molar-refractivity contribution in [1.82, 2.24) is 14.9 Å². The second-order valence-corrected chi connectivity index (χ2v) is 7.99. The highest BCUT2D eigenvalue weighted by molar-refractivity contribution is 6.01. The van der Waals surface area contributed by atoms with E-state index in [4.69, 9.17) is 9.72 Å². The van der Waals surface area contributed by atoms with Gasteiger partial charge in [0.1, 0.15) is 23.0 Å². The maximum absolute atomic E-state index is 13.7. The topological polar surface area (TPSA) is 70.6 Å². The molecule has 4 rings (SSSR count). The Morgan fingerprint density at radius 2 is 1.81 bits per heavy atom. The molecule has 0 bridgehead atoms. The number of anilines is 2. The zero-order valence-corrected chi connectivity index (χ0v) is 18.2. The first-order chi connectivity index (χ1) is 15.3. The van der Waals surface area contributed by atoms with Crippen LogP contribution in [0.4, 0.5) is 20.3 Å². The Bertz CT molecular complexity index is 1130. The van der Waals surface area contributed by atoms with Gasteiger partial charge in [-0.05, 0) is 36.8 Å². The second kappa shape index (κ2) is 9.04. The highest BCUT2D eigenvalue weighted by atomic mass is 19.1. The average Bonchev–Trinajstić information content (AvgIpc) is 2.78. The third-order valence-electron chi connectivity index (χ3n) is 5.38. The zero-order chi connectivity index (χ0) is 22.8. The number of carbonyl (C=O) groups is 1. The van der Waals surface area contributed by atoms with Gasteiger partial charge in [0.15, 0.2) is 0 Å². The van der Waals surface area contributed by atoms with Gasteiger partial charge < -0.3 is 19.9 Å². The van der Waals surface area contributed by atoms with Crippen molar-refractivity contribution in [3.63, 3.8) is 0 Å². The summed E-state index contributed by atoms with van der Waals surface area (Å²) in [7, 11) is 3.34. The summed E-state index contributed by atoms with van der Waals surface area (Å²) < 4.78 is 32.9. The van der Waals surface area contributed by atoms with E-state index in [9.17, 15) is 13.6 Å². The number of morpholine rings is 1.